The molecule has 2 nitrogen and oxygen atoms in total. The number of carbonyl (C=O) groups is 1. The molecule has 0 amide bonds. The summed E-state index contributed by atoms with van der Waals surface area (Å²) in [5.41, 5.74) is 4.45. The normalized spacial score (nSPS) is 15.5. The van der Waals surface area contributed by atoms with E-state index in [9.17, 15) is 4.79 Å². The first kappa shape index (κ1) is 13.2. The average Bonchev–Trinajstić information content (AvgIpc) is 2.87. The predicted molar refractivity (Wildman–Crippen MR) is 89.2 cm³/mol. The second-order valence-electron chi connectivity index (χ2n) is 5.37. The van der Waals surface area contributed by atoms with E-state index in [1.807, 2.05) is 54.6 Å². The molecule has 3 aromatic rings. The van der Waals surface area contributed by atoms with Crippen molar-refractivity contribution in [2.24, 2.45) is 0 Å². The molecule has 1 heterocycles. The molecular weight excluding hydrogens is 294 g/mol. The first-order chi connectivity index (χ1) is 10.7. The molecule has 1 aliphatic rings. The number of ketones is 1. The molecule has 4 rings (SSSR count). The van der Waals surface area contributed by atoms with Crippen molar-refractivity contribution >= 4 is 34.4 Å². The van der Waals surface area contributed by atoms with Crippen molar-refractivity contribution in [2.45, 2.75) is 6.42 Å². The molecule has 1 aliphatic carbocycles. The number of pyridine rings is 1. The number of carbonyl (C=O) groups excluding carboxylic acids is 1. The van der Waals surface area contributed by atoms with Crippen LogP contribution in [0.2, 0.25) is 5.02 Å². The van der Waals surface area contributed by atoms with E-state index in [2.05, 4.69) is 4.98 Å². The van der Waals surface area contributed by atoms with E-state index in [1.165, 1.54) is 0 Å². The minimum Gasteiger partial charge on any atom is -0.289 e. The average molecular weight is 306 g/mol. The second-order valence-corrected chi connectivity index (χ2v) is 5.78. The van der Waals surface area contributed by atoms with E-state index >= 15 is 0 Å². The highest BCUT2D eigenvalue weighted by Gasteiger charge is 2.24. The number of allylic oxidation sites excluding steroid dienone is 1. The van der Waals surface area contributed by atoms with Crippen molar-refractivity contribution in [2.75, 3.05) is 0 Å². The third-order valence-corrected chi connectivity index (χ3v) is 4.34. The van der Waals surface area contributed by atoms with Gasteiger partial charge in [0, 0.05) is 34.7 Å². The van der Waals surface area contributed by atoms with Gasteiger partial charge >= 0.3 is 0 Å². The zero-order valence-electron chi connectivity index (χ0n) is 11.7. The molecule has 0 N–H and O–H groups in total. The van der Waals surface area contributed by atoms with Crippen LogP contribution in [0, 0.1) is 0 Å². The Bertz CT molecular complexity index is 943. The highest BCUT2D eigenvalue weighted by Crippen LogP contribution is 2.30. The lowest BCUT2D eigenvalue weighted by molar-refractivity contribution is 0.104. The molecule has 0 aliphatic heterocycles. The summed E-state index contributed by atoms with van der Waals surface area (Å²) in [4.78, 5) is 16.9. The molecule has 0 unspecified atom stereocenters. The fourth-order valence-corrected chi connectivity index (χ4v) is 3.15. The monoisotopic (exact) mass is 305 g/mol. The van der Waals surface area contributed by atoms with Crippen LogP contribution in [0.1, 0.15) is 21.5 Å². The highest BCUT2D eigenvalue weighted by molar-refractivity contribution is 6.35. The third kappa shape index (κ3) is 2.04. The third-order valence-electron chi connectivity index (χ3n) is 4.01. The zero-order chi connectivity index (χ0) is 15.1. The first-order valence-electron chi connectivity index (χ1n) is 7.10. The summed E-state index contributed by atoms with van der Waals surface area (Å²) in [6.45, 7) is 0. The largest absolute Gasteiger partial charge is 0.289 e. The maximum absolute atomic E-state index is 12.5. The Morgan fingerprint density at radius 3 is 2.77 bits per heavy atom. The standard InChI is InChI=1S/C19H12ClNO/c20-17-8-7-13(18-16(17)6-3-9-21-18)11-14-10-12-4-1-2-5-15(12)19(14)22/h1-9,11H,10H2. The highest BCUT2D eigenvalue weighted by atomic mass is 35.5. The number of Topliss-reactive ketones (excluding diaryl/α,β-unsaturated/α-hetero) is 1. The second kappa shape index (κ2) is 5.08. The van der Waals surface area contributed by atoms with Crippen LogP contribution in [0.15, 0.2) is 60.3 Å². The van der Waals surface area contributed by atoms with Crippen LogP contribution in [-0.2, 0) is 6.42 Å². The Balaban J connectivity index is 1.86. The predicted octanol–water partition coefficient (Wildman–Crippen LogP) is 4.71. The van der Waals surface area contributed by atoms with Gasteiger partial charge in [-0.3, -0.25) is 9.78 Å². The fourth-order valence-electron chi connectivity index (χ4n) is 2.93. The van der Waals surface area contributed by atoms with E-state index in [0.29, 0.717) is 11.4 Å². The Morgan fingerprint density at radius 1 is 1.05 bits per heavy atom. The lowest BCUT2D eigenvalue weighted by atomic mass is 10.0. The molecule has 106 valence electrons. The van der Waals surface area contributed by atoms with Gasteiger partial charge in [-0.1, -0.05) is 41.9 Å². The number of nitrogens with zero attached hydrogens (tertiary/aromatic N) is 1. The van der Waals surface area contributed by atoms with Crippen LogP contribution in [0.4, 0.5) is 0 Å². The van der Waals surface area contributed by atoms with Crippen LogP contribution in [-0.4, -0.2) is 10.8 Å². The number of aromatic nitrogens is 1. The van der Waals surface area contributed by atoms with Gasteiger partial charge in [-0.25, -0.2) is 0 Å². The van der Waals surface area contributed by atoms with E-state index in [-0.39, 0.29) is 5.78 Å². The molecule has 0 radical (unpaired) electrons. The van der Waals surface area contributed by atoms with Gasteiger partial charge < -0.3 is 0 Å². The number of benzene rings is 2. The summed E-state index contributed by atoms with van der Waals surface area (Å²) in [6, 6.07) is 15.3. The van der Waals surface area contributed by atoms with Gasteiger partial charge in [0.05, 0.1) is 10.5 Å². The van der Waals surface area contributed by atoms with Crippen LogP contribution >= 0.6 is 11.6 Å². The van der Waals surface area contributed by atoms with Crippen molar-refractivity contribution in [3.05, 3.63) is 82.0 Å². The smallest absolute Gasteiger partial charge is 0.189 e. The van der Waals surface area contributed by atoms with Crippen molar-refractivity contribution in [3.63, 3.8) is 0 Å². The summed E-state index contributed by atoms with van der Waals surface area (Å²) in [7, 11) is 0. The van der Waals surface area contributed by atoms with E-state index < -0.39 is 0 Å². The fraction of sp³-hybridized carbons (Fsp3) is 0.0526. The van der Waals surface area contributed by atoms with Crippen molar-refractivity contribution in [1.82, 2.24) is 4.98 Å². The van der Waals surface area contributed by atoms with Gasteiger partial charge in [0.15, 0.2) is 5.78 Å². The molecule has 0 bridgehead atoms. The Hall–Kier alpha value is -2.45. The number of fused-ring (bicyclic) bond motifs is 2. The molecule has 2 aromatic carbocycles. The molecule has 0 atom stereocenters. The van der Waals surface area contributed by atoms with E-state index in [0.717, 1.165) is 33.2 Å². The molecule has 0 fully saturated rings. The minimum absolute atomic E-state index is 0.106. The van der Waals surface area contributed by atoms with Crippen molar-refractivity contribution in [3.8, 4) is 0 Å². The van der Waals surface area contributed by atoms with Gasteiger partial charge in [-0.2, -0.15) is 0 Å². The van der Waals surface area contributed by atoms with Gasteiger partial charge in [0.2, 0.25) is 0 Å². The summed E-state index contributed by atoms with van der Waals surface area (Å²) in [5, 5.41) is 1.58. The Morgan fingerprint density at radius 2 is 1.91 bits per heavy atom. The number of hydrogen-bond acceptors (Lipinski definition) is 2. The molecular formula is C19H12ClNO. The van der Waals surface area contributed by atoms with Gasteiger partial charge in [0.25, 0.3) is 0 Å². The van der Waals surface area contributed by atoms with Crippen LogP contribution in [0.5, 0.6) is 0 Å². The van der Waals surface area contributed by atoms with Crippen LogP contribution in [0.3, 0.4) is 0 Å². The minimum atomic E-state index is 0.106. The lowest BCUT2D eigenvalue weighted by Gasteiger charge is -2.04. The summed E-state index contributed by atoms with van der Waals surface area (Å²) in [5.74, 6) is 0.106. The molecule has 3 heteroatoms. The van der Waals surface area contributed by atoms with Crippen molar-refractivity contribution < 1.29 is 4.79 Å². The summed E-state index contributed by atoms with van der Waals surface area (Å²) < 4.78 is 0. The van der Waals surface area contributed by atoms with Crippen LogP contribution < -0.4 is 0 Å². The van der Waals surface area contributed by atoms with Gasteiger partial charge in [0.1, 0.15) is 0 Å². The summed E-state index contributed by atoms with van der Waals surface area (Å²) >= 11 is 6.22. The topological polar surface area (TPSA) is 30.0 Å². The molecule has 1 aromatic heterocycles. The SMILES string of the molecule is O=C1C(=Cc2ccc(Cl)c3cccnc23)Cc2ccccc21. The molecule has 0 spiro atoms. The maximum Gasteiger partial charge on any atom is 0.189 e. The molecule has 0 saturated carbocycles. The quantitative estimate of drug-likeness (QED) is 0.609. The van der Waals surface area contributed by atoms with E-state index in [1.54, 1.807) is 6.20 Å². The molecule has 0 saturated heterocycles. The van der Waals surface area contributed by atoms with Crippen molar-refractivity contribution in [1.29, 1.82) is 0 Å². The Kier molecular flexibility index (Phi) is 3.05. The van der Waals surface area contributed by atoms with Crippen LogP contribution in [0.25, 0.3) is 17.0 Å². The molecule has 22 heavy (non-hydrogen) atoms. The van der Waals surface area contributed by atoms with E-state index in [4.69, 9.17) is 11.6 Å². The first-order valence-corrected chi connectivity index (χ1v) is 7.48. The lowest BCUT2D eigenvalue weighted by Crippen LogP contribution is -1.95. The maximum atomic E-state index is 12.5. The number of halogens is 1. The Labute approximate surface area is 133 Å². The van der Waals surface area contributed by atoms with Gasteiger partial charge in [-0.05, 0) is 29.8 Å². The number of hydrogen-bond donors (Lipinski definition) is 0. The summed E-state index contributed by atoms with van der Waals surface area (Å²) in [6.07, 6.45) is 4.35. The zero-order valence-corrected chi connectivity index (χ0v) is 12.5. The van der Waals surface area contributed by atoms with Gasteiger partial charge in [-0.15, -0.1) is 0 Å². The number of rotatable bonds is 1.